The molecule has 0 spiro atoms. The van der Waals surface area contributed by atoms with Gasteiger partial charge in [0.2, 0.25) is 0 Å². The van der Waals surface area contributed by atoms with Crippen molar-refractivity contribution in [1.82, 2.24) is 4.90 Å². The third kappa shape index (κ3) is 2.35. The van der Waals surface area contributed by atoms with Crippen LogP contribution in [0.1, 0.15) is 24.0 Å². The Labute approximate surface area is 102 Å². The molecule has 0 unspecified atom stereocenters. The fourth-order valence-electron chi connectivity index (χ4n) is 2.16. The number of hydrogen-bond acceptors (Lipinski definition) is 2. The van der Waals surface area contributed by atoms with Crippen molar-refractivity contribution in [2.45, 2.75) is 26.7 Å². The van der Waals surface area contributed by atoms with Crippen LogP contribution in [0.2, 0.25) is 0 Å². The zero-order valence-electron chi connectivity index (χ0n) is 10.4. The van der Waals surface area contributed by atoms with E-state index in [4.69, 9.17) is 5.73 Å². The number of anilines is 2. The lowest BCUT2D eigenvalue weighted by molar-refractivity contribution is 0.222. The zero-order chi connectivity index (χ0) is 12.4. The third-order valence-corrected chi connectivity index (χ3v) is 3.34. The molecule has 0 bridgehead atoms. The summed E-state index contributed by atoms with van der Waals surface area (Å²) in [7, 11) is 0. The van der Waals surface area contributed by atoms with Crippen molar-refractivity contribution in [1.29, 1.82) is 0 Å². The Kier molecular flexibility index (Phi) is 3.22. The fraction of sp³-hybridized carbons (Fsp3) is 0.462. The number of aryl methyl sites for hydroxylation is 1. The molecule has 0 aromatic heterocycles. The zero-order valence-corrected chi connectivity index (χ0v) is 10.4. The number of rotatable bonds is 1. The Hall–Kier alpha value is -1.71. The first-order valence-corrected chi connectivity index (χ1v) is 6.01. The second-order valence-corrected chi connectivity index (χ2v) is 4.60. The van der Waals surface area contributed by atoms with Gasteiger partial charge in [-0.1, -0.05) is 6.07 Å². The normalized spacial score (nSPS) is 15.1. The van der Waals surface area contributed by atoms with Crippen molar-refractivity contribution in [3.05, 3.63) is 23.3 Å². The third-order valence-electron chi connectivity index (χ3n) is 3.34. The van der Waals surface area contributed by atoms with E-state index in [0.717, 1.165) is 42.7 Å². The van der Waals surface area contributed by atoms with Gasteiger partial charge < -0.3 is 16.0 Å². The number of hydrogen-bond donors (Lipinski definition) is 2. The van der Waals surface area contributed by atoms with Gasteiger partial charge in [-0.25, -0.2) is 4.79 Å². The summed E-state index contributed by atoms with van der Waals surface area (Å²) in [4.78, 5) is 13.9. The molecule has 1 aliphatic rings. The van der Waals surface area contributed by atoms with Gasteiger partial charge >= 0.3 is 6.03 Å². The van der Waals surface area contributed by atoms with E-state index in [1.807, 2.05) is 30.9 Å². The molecular formula is C13H19N3O. The molecule has 1 aromatic rings. The van der Waals surface area contributed by atoms with E-state index in [1.165, 1.54) is 0 Å². The highest BCUT2D eigenvalue weighted by molar-refractivity contribution is 5.92. The van der Waals surface area contributed by atoms with Gasteiger partial charge in [-0.2, -0.15) is 0 Å². The molecule has 17 heavy (non-hydrogen) atoms. The van der Waals surface area contributed by atoms with Crippen LogP contribution < -0.4 is 11.1 Å². The van der Waals surface area contributed by atoms with Crippen LogP contribution in [0.25, 0.3) is 0 Å². The number of nitrogen functional groups attached to an aromatic ring is 1. The lowest BCUT2D eigenvalue weighted by atomic mass is 10.1. The summed E-state index contributed by atoms with van der Waals surface area (Å²) >= 11 is 0. The number of nitrogens with zero attached hydrogens (tertiary/aromatic N) is 1. The topological polar surface area (TPSA) is 58.4 Å². The van der Waals surface area contributed by atoms with Gasteiger partial charge in [0.25, 0.3) is 0 Å². The van der Waals surface area contributed by atoms with Crippen molar-refractivity contribution in [3.63, 3.8) is 0 Å². The average molecular weight is 233 g/mol. The molecule has 3 N–H and O–H groups in total. The number of urea groups is 1. The molecule has 2 amide bonds. The first-order chi connectivity index (χ1) is 8.09. The predicted molar refractivity (Wildman–Crippen MR) is 70.2 cm³/mol. The summed E-state index contributed by atoms with van der Waals surface area (Å²) in [6, 6.07) is 3.79. The van der Waals surface area contributed by atoms with Crippen LogP contribution in [-0.2, 0) is 0 Å². The largest absolute Gasteiger partial charge is 0.398 e. The molecule has 1 aromatic carbocycles. The van der Waals surface area contributed by atoms with Crippen molar-refractivity contribution < 1.29 is 4.79 Å². The molecular weight excluding hydrogens is 214 g/mol. The lowest BCUT2D eigenvalue weighted by Crippen LogP contribution is -2.32. The van der Waals surface area contributed by atoms with Crippen LogP contribution in [0.3, 0.4) is 0 Å². The van der Waals surface area contributed by atoms with Crippen molar-refractivity contribution in [3.8, 4) is 0 Å². The monoisotopic (exact) mass is 233 g/mol. The minimum absolute atomic E-state index is 0.0145. The highest BCUT2D eigenvalue weighted by Gasteiger charge is 2.19. The second kappa shape index (κ2) is 4.65. The van der Waals surface area contributed by atoms with E-state index in [-0.39, 0.29) is 6.03 Å². The summed E-state index contributed by atoms with van der Waals surface area (Å²) in [5.41, 5.74) is 9.41. The van der Waals surface area contributed by atoms with Crippen LogP contribution in [0.5, 0.6) is 0 Å². The second-order valence-electron chi connectivity index (χ2n) is 4.60. The van der Waals surface area contributed by atoms with Gasteiger partial charge in [-0.3, -0.25) is 0 Å². The van der Waals surface area contributed by atoms with Gasteiger partial charge in [0.05, 0.1) is 5.69 Å². The summed E-state index contributed by atoms with van der Waals surface area (Å²) < 4.78 is 0. The molecule has 4 heteroatoms. The maximum absolute atomic E-state index is 12.0. The summed E-state index contributed by atoms with van der Waals surface area (Å²) in [5, 5.41) is 2.97. The van der Waals surface area contributed by atoms with Crippen molar-refractivity contribution >= 4 is 17.4 Å². The lowest BCUT2D eigenvalue weighted by Gasteiger charge is -2.19. The molecule has 0 radical (unpaired) electrons. The van der Waals surface area contributed by atoms with E-state index >= 15 is 0 Å². The molecule has 1 heterocycles. The van der Waals surface area contributed by atoms with Gasteiger partial charge in [0, 0.05) is 18.8 Å². The van der Waals surface area contributed by atoms with Crippen LogP contribution >= 0.6 is 0 Å². The molecule has 4 nitrogen and oxygen atoms in total. The van der Waals surface area contributed by atoms with E-state index in [1.54, 1.807) is 0 Å². The predicted octanol–water partition coefficient (Wildman–Crippen LogP) is 2.51. The Morgan fingerprint density at radius 2 is 1.94 bits per heavy atom. The number of amides is 2. The van der Waals surface area contributed by atoms with E-state index in [2.05, 4.69) is 5.32 Å². The summed E-state index contributed by atoms with van der Waals surface area (Å²) in [5.74, 6) is 0. The average Bonchev–Trinajstić information content (AvgIpc) is 2.83. The van der Waals surface area contributed by atoms with Crippen molar-refractivity contribution in [2.24, 2.45) is 0 Å². The summed E-state index contributed by atoms with van der Waals surface area (Å²) in [6.07, 6.45) is 2.20. The number of nitrogens with two attached hydrogens (primary N) is 1. The number of nitrogens with one attached hydrogen (secondary N) is 1. The highest BCUT2D eigenvalue weighted by Crippen LogP contribution is 2.25. The van der Waals surface area contributed by atoms with Gasteiger partial charge in [-0.05, 0) is 43.9 Å². The number of likely N-dealkylation sites (tertiary alicyclic amines) is 1. The molecule has 1 saturated heterocycles. The number of carbonyl (C=O) groups is 1. The maximum Gasteiger partial charge on any atom is 0.321 e. The quantitative estimate of drug-likeness (QED) is 0.732. The summed E-state index contributed by atoms with van der Waals surface area (Å²) in [6.45, 7) is 5.62. The molecule has 0 aliphatic carbocycles. The molecule has 1 fully saturated rings. The van der Waals surface area contributed by atoms with Gasteiger partial charge in [0.15, 0.2) is 0 Å². The first-order valence-electron chi connectivity index (χ1n) is 6.01. The number of benzene rings is 1. The first kappa shape index (κ1) is 11.8. The van der Waals surface area contributed by atoms with Gasteiger partial charge in [0.1, 0.15) is 0 Å². The van der Waals surface area contributed by atoms with E-state index in [9.17, 15) is 4.79 Å². The van der Waals surface area contributed by atoms with Crippen LogP contribution in [0.4, 0.5) is 16.2 Å². The van der Waals surface area contributed by atoms with Gasteiger partial charge in [-0.15, -0.1) is 0 Å². The molecule has 92 valence electrons. The Morgan fingerprint density at radius 1 is 1.29 bits per heavy atom. The van der Waals surface area contributed by atoms with Crippen LogP contribution in [0, 0.1) is 13.8 Å². The SMILES string of the molecule is Cc1ccc(N)c(C)c1NC(=O)N1CCCC1. The van der Waals surface area contributed by atoms with E-state index in [0.29, 0.717) is 5.69 Å². The minimum atomic E-state index is -0.0145. The molecule has 2 rings (SSSR count). The van der Waals surface area contributed by atoms with E-state index < -0.39 is 0 Å². The number of carbonyl (C=O) groups excluding carboxylic acids is 1. The Bertz CT molecular complexity index is 437. The molecule has 1 aliphatic heterocycles. The highest BCUT2D eigenvalue weighted by atomic mass is 16.2. The van der Waals surface area contributed by atoms with Crippen LogP contribution in [0.15, 0.2) is 12.1 Å². The molecule has 0 atom stereocenters. The molecule has 0 saturated carbocycles. The van der Waals surface area contributed by atoms with Crippen LogP contribution in [-0.4, -0.2) is 24.0 Å². The smallest absolute Gasteiger partial charge is 0.321 e. The fourth-order valence-corrected chi connectivity index (χ4v) is 2.16. The minimum Gasteiger partial charge on any atom is -0.398 e. The Morgan fingerprint density at radius 3 is 2.59 bits per heavy atom. The van der Waals surface area contributed by atoms with Crippen molar-refractivity contribution in [2.75, 3.05) is 24.1 Å². The standard InChI is InChI=1S/C13H19N3O/c1-9-5-6-11(14)10(2)12(9)15-13(17)16-7-3-4-8-16/h5-6H,3-4,7-8,14H2,1-2H3,(H,15,17). The maximum atomic E-state index is 12.0. The Balaban J connectivity index is 2.17.